The number of aliphatic hydroxyl groups excluding tert-OH is 1. The van der Waals surface area contributed by atoms with Crippen molar-refractivity contribution >= 4 is 17.4 Å². The van der Waals surface area contributed by atoms with E-state index < -0.39 is 17.7 Å². The standard InChI is InChI=1S/C30H38N2O6/c1-30(2,3)22-10-7-20(8-11-22)26-25(27(33)21-9-12-23(36-4)24(19-21)37-5)28(34)29(35)32(26)14-6-13-31-15-17-38-18-16-31/h7-12,19,26,33H,6,13-18H2,1-5H3/b27-25+/t26-/m1/s1. The topological polar surface area (TPSA) is 88.5 Å². The van der Waals surface area contributed by atoms with E-state index in [1.807, 2.05) is 24.3 Å². The van der Waals surface area contributed by atoms with E-state index in [1.54, 1.807) is 23.1 Å². The summed E-state index contributed by atoms with van der Waals surface area (Å²) in [6.45, 7) is 10.7. The second-order valence-corrected chi connectivity index (χ2v) is 10.7. The smallest absolute Gasteiger partial charge is 0.295 e. The number of amides is 1. The van der Waals surface area contributed by atoms with E-state index in [4.69, 9.17) is 14.2 Å². The minimum atomic E-state index is -0.693. The van der Waals surface area contributed by atoms with Crippen LogP contribution in [0.1, 0.15) is 49.9 Å². The number of aliphatic hydroxyl groups is 1. The molecule has 38 heavy (non-hydrogen) atoms. The van der Waals surface area contributed by atoms with Gasteiger partial charge in [-0.25, -0.2) is 0 Å². The van der Waals surface area contributed by atoms with E-state index in [0.717, 1.165) is 30.8 Å². The highest BCUT2D eigenvalue weighted by atomic mass is 16.5. The number of Topliss-reactive ketones (excluding diaryl/α,β-unsaturated/α-hetero) is 1. The predicted octanol–water partition coefficient (Wildman–Crippen LogP) is 4.15. The first-order valence-electron chi connectivity index (χ1n) is 13.1. The van der Waals surface area contributed by atoms with Gasteiger partial charge in [0.2, 0.25) is 0 Å². The number of methoxy groups -OCH3 is 2. The molecule has 204 valence electrons. The van der Waals surface area contributed by atoms with Gasteiger partial charge in [-0.2, -0.15) is 0 Å². The van der Waals surface area contributed by atoms with Gasteiger partial charge in [-0.1, -0.05) is 45.0 Å². The van der Waals surface area contributed by atoms with Gasteiger partial charge < -0.3 is 24.2 Å². The predicted molar refractivity (Wildman–Crippen MR) is 146 cm³/mol. The number of rotatable bonds is 8. The third kappa shape index (κ3) is 5.71. The van der Waals surface area contributed by atoms with Crippen molar-refractivity contribution in [3.63, 3.8) is 0 Å². The highest BCUT2D eigenvalue weighted by Crippen LogP contribution is 2.41. The Kier molecular flexibility index (Phi) is 8.43. The van der Waals surface area contributed by atoms with Gasteiger partial charge in [0, 0.05) is 31.7 Å². The van der Waals surface area contributed by atoms with Crippen LogP contribution in [0.4, 0.5) is 0 Å². The lowest BCUT2D eigenvalue weighted by Crippen LogP contribution is -2.39. The molecule has 2 saturated heterocycles. The first-order chi connectivity index (χ1) is 18.2. The number of morpholine rings is 1. The second kappa shape index (κ2) is 11.6. The van der Waals surface area contributed by atoms with Crippen molar-refractivity contribution in [2.75, 3.05) is 53.6 Å². The zero-order valence-electron chi connectivity index (χ0n) is 23.0. The molecular formula is C30H38N2O6. The van der Waals surface area contributed by atoms with E-state index in [0.29, 0.717) is 43.2 Å². The molecule has 8 heteroatoms. The number of carbonyl (C=O) groups is 2. The minimum absolute atomic E-state index is 0.0435. The van der Waals surface area contributed by atoms with Gasteiger partial charge in [0.05, 0.1) is 39.0 Å². The summed E-state index contributed by atoms with van der Waals surface area (Å²) in [5.41, 5.74) is 2.34. The zero-order valence-corrected chi connectivity index (χ0v) is 23.0. The molecule has 2 aliphatic heterocycles. The molecule has 0 unspecified atom stereocenters. The maximum atomic E-state index is 13.4. The summed E-state index contributed by atoms with van der Waals surface area (Å²) in [5, 5.41) is 11.4. The quantitative estimate of drug-likeness (QED) is 0.317. The highest BCUT2D eigenvalue weighted by molar-refractivity contribution is 6.46. The van der Waals surface area contributed by atoms with Crippen LogP contribution in [0.3, 0.4) is 0 Å². The Morgan fingerprint density at radius 1 is 0.974 bits per heavy atom. The van der Waals surface area contributed by atoms with Crippen molar-refractivity contribution in [2.24, 2.45) is 0 Å². The van der Waals surface area contributed by atoms with Crippen LogP contribution in [-0.2, 0) is 19.7 Å². The lowest BCUT2D eigenvalue weighted by atomic mass is 9.85. The van der Waals surface area contributed by atoms with E-state index in [-0.39, 0.29) is 16.7 Å². The van der Waals surface area contributed by atoms with Crippen molar-refractivity contribution < 1.29 is 28.9 Å². The first kappa shape index (κ1) is 27.7. The Hall–Kier alpha value is -3.36. The zero-order chi connectivity index (χ0) is 27.4. The molecule has 0 spiro atoms. The van der Waals surface area contributed by atoms with Gasteiger partial charge in [-0.3, -0.25) is 14.5 Å². The van der Waals surface area contributed by atoms with Gasteiger partial charge in [0.25, 0.3) is 11.7 Å². The van der Waals surface area contributed by atoms with Gasteiger partial charge in [0.1, 0.15) is 5.76 Å². The Bertz CT molecular complexity index is 1190. The Morgan fingerprint density at radius 3 is 2.24 bits per heavy atom. The minimum Gasteiger partial charge on any atom is -0.507 e. The molecule has 0 bridgehead atoms. The summed E-state index contributed by atoms with van der Waals surface area (Å²) in [6, 6.07) is 12.2. The molecule has 0 aromatic heterocycles. The number of nitrogens with zero attached hydrogens (tertiary/aromatic N) is 2. The summed E-state index contributed by atoms with van der Waals surface area (Å²) in [5.74, 6) is -0.596. The van der Waals surface area contributed by atoms with E-state index in [2.05, 4.69) is 25.7 Å². The monoisotopic (exact) mass is 522 g/mol. The van der Waals surface area contributed by atoms with E-state index >= 15 is 0 Å². The van der Waals surface area contributed by atoms with Crippen LogP contribution < -0.4 is 9.47 Å². The molecule has 1 atom stereocenters. The number of benzene rings is 2. The molecule has 1 N–H and O–H groups in total. The van der Waals surface area contributed by atoms with Gasteiger partial charge in [-0.05, 0) is 41.2 Å². The fourth-order valence-electron chi connectivity index (χ4n) is 5.05. The van der Waals surface area contributed by atoms with Crippen molar-refractivity contribution in [3.05, 3.63) is 64.7 Å². The third-order valence-electron chi connectivity index (χ3n) is 7.27. The van der Waals surface area contributed by atoms with Gasteiger partial charge >= 0.3 is 0 Å². The Balaban J connectivity index is 1.72. The van der Waals surface area contributed by atoms with Crippen LogP contribution >= 0.6 is 0 Å². The fraction of sp³-hybridized carbons (Fsp3) is 0.467. The molecule has 2 fully saturated rings. The molecule has 1 amide bonds. The number of ether oxygens (including phenoxy) is 3. The number of likely N-dealkylation sites (tertiary alicyclic amines) is 1. The molecule has 0 saturated carbocycles. The molecule has 8 nitrogen and oxygen atoms in total. The van der Waals surface area contributed by atoms with Gasteiger partial charge in [-0.15, -0.1) is 0 Å². The van der Waals surface area contributed by atoms with Crippen LogP contribution in [0.15, 0.2) is 48.0 Å². The van der Waals surface area contributed by atoms with Gasteiger partial charge in [0.15, 0.2) is 11.5 Å². The van der Waals surface area contributed by atoms with Crippen molar-refractivity contribution in [3.8, 4) is 11.5 Å². The van der Waals surface area contributed by atoms with Crippen LogP contribution in [-0.4, -0.2) is 80.2 Å². The van der Waals surface area contributed by atoms with Crippen molar-refractivity contribution in [1.82, 2.24) is 9.80 Å². The Morgan fingerprint density at radius 2 is 1.63 bits per heavy atom. The molecule has 0 aliphatic carbocycles. The van der Waals surface area contributed by atoms with Crippen LogP contribution in [0.25, 0.3) is 5.76 Å². The summed E-state index contributed by atoms with van der Waals surface area (Å²) in [6.07, 6.45) is 0.708. The van der Waals surface area contributed by atoms with Crippen LogP contribution in [0.2, 0.25) is 0 Å². The summed E-state index contributed by atoms with van der Waals surface area (Å²) >= 11 is 0. The second-order valence-electron chi connectivity index (χ2n) is 10.7. The lowest BCUT2D eigenvalue weighted by Gasteiger charge is -2.29. The largest absolute Gasteiger partial charge is 0.507 e. The van der Waals surface area contributed by atoms with Crippen molar-refractivity contribution in [2.45, 2.75) is 38.6 Å². The molecule has 2 heterocycles. The number of hydrogen-bond donors (Lipinski definition) is 1. The lowest BCUT2D eigenvalue weighted by molar-refractivity contribution is -0.140. The van der Waals surface area contributed by atoms with Crippen LogP contribution in [0, 0.1) is 0 Å². The van der Waals surface area contributed by atoms with E-state index in [9.17, 15) is 14.7 Å². The molecule has 0 radical (unpaired) electrons. The molecular weight excluding hydrogens is 484 g/mol. The van der Waals surface area contributed by atoms with Crippen molar-refractivity contribution in [1.29, 1.82) is 0 Å². The maximum Gasteiger partial charge on any atom is 0.295 e. The SMILES string of the molecule is COc1ccc(/C(O)=C2\C(=O)C(=O)N(CCCN3CCOCC3)[C@@H]2c2ccc(C(C)(C)C)cc2)cc1OC. The fourth-order valence-corrected chi connectivity index (χ4v) is 5.05. The number of ketones is 1. The summed E-state index contributed by atoms with van der Waals surface area (Å²) < 4.78 is 16.1. The highest BCUT2D eigenvalue weighted by Gasteiger charge is 2.46. The third-order valence-corrected chi connectivity index (χ3v) is 7.27. The average Bonchev–Trinajstić information content (AvgIpc) is 3.17. The molecule has 4 rings (SSSR count). The average molecular weight is 523 g/mol. The maximum absolute atomic E-state index is 13.4. The summed E-state index contributed by atoms with van der Waals surface area (Å²) in [4.78, 5) is 30.6. The summed E-state index contributed by atoms with van der Waals surface area (Å²) in [7, 11) is 3.03. The molecule has 2 aliphatic rings. The molecule has 2 aromatic carbocycles. The normalized spacial score (nSPS) is 20.1. The van der Waals surface area contributed by atoms with Crippen LogP contribution in [0.5, 0.6) is 11.5 Å². The molecule has 2 aromatic rings. The first-order valence-corrected chi connectivity index (χ1v) is 13.1. The number of hydrogen-bond acceptors (Lipinski definition) is 7. The van der Waals surface area contributed by atoms with E-state index in [1.165, 1.54) is 14.2 Å². The number of carbonyl (C=O) groups excluding carboxylic acids is 2. The Labute approximate surface area is 224 Å².